The van der Waals surface area contributed by atoms with Gasteiger partial charge in [0.15, 0.2) is 11.5 Å². The molecule has 0 aliphatic carbocycles. The quantitative estimate of drug-likeness (QED) is 0.347. The first-order valence-electron chi connectivity index (χ1n) is 10.6. The van der Waals surface area contributed by atoms with E-state index in [1.54, 1.807) is 30.3 Å². The van der Waals surface area contributed by atoms with Crippen LogP contribution < -0.4 is 9.47 Å². The summed E-state index contributed by atoms with van der Waals surface area (Å²) >= 11 is 0. The molecule has 1 atom stereocenters. The van der Waals surface area contributed by atoms with Gasteiger partial charge in [-0.25, -0.2) is 4.39 Å². The smallest absolute Gasteiger partial charge is 0.295 e. The van der Waals surface area contributed by atoms with Crippen LogP contribution in [0, 0.1) is 5.82 Å². The Bertz CT molecular complexity index is 1320. The number of benzene rings is 3. The maximum absolute atomic E-state index is 13.4. The molecule has 2 aliphatic rings. The molecule has 1 saturated heterocycles. The Kier molecular flexibility index (Phi) is 5.41. The van der Waals surface area contributed by atoms with Crippen LogP contribution in [0.2, 0.25) is 0 Å². The van der Waals surface area contributed by atoms with E-state index in [1.807, 2.05) is 0 Å². The largest absolute Gasteiger partial charge is 0.508 e. The van der Waals surface area contributed by atoms with Crippen molar-refractivity contribution < 1.29 is 33.7 Å². The molecule has 1 unspecified atom stereocenters. The molecule has 0 radical (unpaired) electrons. The monoisotopic (exact) mass is 461 g/mol. The number of fused-ring (bicyclic) bond motifs is 1. The first kappa shape index (κ1) is 21.5. The lowest BCUT2D eigenvalue weighted by molar-refractivity contribution is -0.140. The SMILES string of the molecule is O=C1C(=O)N(Cc2ccc(F)cc2)C(c2cccc(O)c2)/C1=C(/O)c1ccc2c(c1)OCCO2. The van der Waals surface area contributed by atoms with Gasteiger partial charge >= 0.3 is 0 Å². The number of phenols is 1. The van der Waals surface area contributed by atoms with Crippen LogP contribution in [0.1, 0.15) is 22.7 Å². The van der Waals surface area contributed by atoms with Crippen molar-refractivity contribution in [1.82, 2.24) is 4.90 Å². The number of aliphatic hydroxyl groups is 1. The zero-order valence-corrected chi connectivity index (χ0v) is 17.9. The average Bonchev–Trinajstić information content (AvgIpc) is 3.09. The van der Waals surface area contributed by atoms with Gasteiger partial charge in [0.1, 0.15) is 30.5 Å². The Morgan fingerprint density at radius 3 is 2.44 bits per heavy atom. The third-order valence-electron chi connectivity index (χ3n) is 5.81. The lowest BCUT2D eigenvalue weighted by Crippen LogP contribution is -2.29. The normalized spacial score (nSPS) is 18.9. The lowest BCUT2D eigenvalue weighted by Gasteiger charge is -2.25. The number of halogens is 1. The van der Waals surface area contributed by atoms with E-state index in [0.29, 0.717) is 35.8 Å². The number of rotatable bonds is 4. The summed E-state index contributed by atoms with van der Waals surface area (Å²) in [5, 5.41) is 21.2. The number of carbonyl (C=O) groups is 2. The molecule has 2 aliphatic heterocycles. The second-order valence-corrected chi connectivity index (χ2v) is 8.01. The van der Waals surface area contributed by atoms with E-state index < -0.39 is 23.5 Å². The maximum Gasteiger partial charge on any atom is 0.295 e. The van der Waals surface area contributed by atoms with Crippen molar-refractivity contribution in [3.63, 3.8) is 0 Å². The molecule has 0 bridgehead atoms. The number of ether oxygens (including phenoxy) is 2. The van der Waals surface area contributed by atoms with Crippen molar-refractivity contribution >= 4 is 17.4 Å². The van der Waals surface area contributed by atoms with Crippen molar-refractivity contribution in [3.8, 4) is 17.2 Å². The summed E-state index contributed by atoms with van der Waals surface area (Å²) in [5.41, 5.74) is 1.22. The van der Waals surface area contributed by atoms with Gasteiger partial charge in [-0.05, 0) is 53.6 Å². The van der Waals surface area contributed by atoms with Gasteiger partial charge in [-0.15, -0.1) is 0 Å². The first-order chi connectivity index (χ1) is 16.4. The fraction of sp³-hybridized carbons (Fsp3) is 0.154. The average molecular weight is 461 g/mol. The zero-order valence-electron chi connectivity index (χ0n) is 17.9. The molecule has 0 aromatic heterocycles. The number of aromatic hydroxyl groups is 1. The molecular weight excluding hydrogens is 441 g/mol. The fourth-order valence-corrected chi connectivity index (χ4v) is 4.22. The minimum absolute atomic E-state index is 0.00307. The van der Waals surface area contributed by atoms with Gasteiger partial charge in [0, 0.05) is 12.1 Å². The number of amides is 1. The molecule has 5 rings (SSSR count). The topological polar surface area (TPSA) is 96.3 Å². The van der Waals surface area contributed by atoms with Crippen LogP contribution in [-0.4, -0.2) is 40.0 Å². The summed E-state index contributed by atoms with van der Waals surface area (Å²) in [4.78, 5) is 27.5. The van der Waals surface area contributed by atoms with Crippen molar-refractivity contribution in [3.05, 3.63) is 94.8 Å². The van der Waals surface area contributed by atoms with E-state index in [1.165, 1.54) is 41.3 Å². The molecule has 3 aromatic carbocycles. The minimum Gasteiger partial charge on any atom is -0.508 e. The molecule has 1 fully saturated rings. The lowest BCUT2D eigenvalue weighted by atomic mass is 9.95. The molecule has 2 N–H and O–H groups in total. The van der Waals surface area contributed by atoms with E-state index in [4.69, 9.17) is 9.47 Å². The number of nitrogens with zero attached hydrogens (tertiary/aromatic N) is 1. The Hall–Kier alpha value is -4.33. The van der Waals surface area contributed by atoms with Crippen LogP contribution in [0.5, 0.6) is 17.2 Å². The van der Waals surface area contributed by atoms with Gasteiger partial charge < -0.3 is 24.6 Å². The number of likely N-dealkylation sites (tertiary alicyclic amines) is 1. The molecule has 2 heterocycles. The van der Waals surface area contributed by atoms with Gasteiger partial charge in [0.2, 0.25) is 0 Å². The van der Waals surface area contributed by atoms with Crippen LogP contribution in [-0.2, 0) is 16.1 Å². The predicted octanol–water partition coefficient (Wildman–Crippen LogP) is 3.92. The Balaban J connectivity index is 1.63. The van der Waals surface area contributed by atoms with Gasteiger partial charge in [-0.3, -0.25) is 9.59 Å². The first-order valence-corrected chi connectivity index (χ1v) is 10.6. The zero-order chi connectivity index (χ0) is 23.8. The maximum atomic E-state index is 13.4. The van der Waals surface area contributed by atoms with Gasteiger partial charge in [0.05, 0.1) is 11.6 Å². The summed E-state index contributed by atoms with van der Waals surface area (Å²) < 4.78 is 24.5. The molecular formula is C26H20FNO6. The highest BCUT2D eigenvalue weighted by Crippen LogP contribution is 2.42. The summed E-state index contributed by atoms with van der Waals surface area (Å²) in [5.74, 6) is -1.57. The number of carbonyl (C=O) groups excluding carboxylic acids is 2. The van der Waals surface area contributed by atoms with Gasteiger partial charge in [-0.2, -0.15) is 0 Å². The third-order valence-corrected chi connectivity index (χ3v) is 5.81. The molecule has 3 aromatic rings. The molecule has 172 valence electrons. The molecule has 7 nitrogen and oxygen atoms in total. The second kappa shape index (κ2) is 8.55. The molecule has 1 amide bonds. The highest BCUT2D eigenvalue weighted by atomic mass is 19.1. The van der Waals surface area contributed by atoms with E-state index in [2.05, 4.69) is 0 Å². The number of aliphatic hydroxyl groups excluding tert-OH is 1. The van der Waals surface area contributed by atoms with Crippen LogP contribution in [0.3, 0.4) is 0 Å². The minimum atomic E-state index is -0.967. The van der Waals surface area contributed by atoms with Gasteiger partial charge in [0.25, 0.3) is 11.7 Å². The van der Waals surface area contributed by atoms with Crippen molar-refractivity contribution in [1.29, 1.82) is 0 Å². The van der Waals surface area contributed by atoms with Crippen molar-refractivity contribution in [2.24, 2.45) is 0 Å². The van der Waals surface area contributed by atoms with E-state index in [9.17, 15) is 24.2 Å². The number of phenolic OH excluding ortho intramolecular Hbond substituents is 1. The Morgan fingerprint density at radius 2 is 1.71 bits per heavy atom. The van der Waals surface area contributed by atoms with E-state index >= 15 is 0 Å². The van der Waals surface area contributed by atoms with Crippen LogP contribution in [0.25, 0.3) is 5.76 Å². The number of Topliss-reactive ketones (excluding diaryl/α,β-unsaturated/α-hetero) is 1. The summed E-state index contributed by atoms with van der Waals surface area (Å²) in [6.45, 7) is 0.760. The predicted molar refractivity (Wildman–Crippen MR) is 120 cm³/mol. The van der Waals surface area contributed by atoms with Crippen LogP contribution >= 0.6 is 0 Å². The number of ketones is 1. The Labute approximate surface area is 194 Å². The van der Waals surface area contributed by atoms with Crippen LogP contribution in [0.15, 0.2) is 72.3 Å². The van der Waals surface area contributed by atoms with E-state index in [0.717, 1.165) is 0 Å². The van der Waals surface area contributed by atoms with Crippen LogP contribution in [0.4, 0.5) is 4.39 Å². The van der Waals surface area contributed by atoms with E-state index in [-0.39, 0.29) is 29.2 Å². The third kappa shape index (κ3) is 3.83. The molecule has 8 heteroatoms. The number of hydrogen-bond donors (Lipinski definition) is 2. The Morgan fingerprint density at radius 1 is 0.971 bits per heavy atom. The standard InChI is InChI=1S/C26H20FNO6/c27-18-7-4-15(5-8-18)14-28-23(16-2-1-3-19(29)12-16)22(25(31)26(28)32)24(30)17-6-9-20-21(13-17)34-11-10-33-20/h1-9,12-13,23,29-30H,10-11,14H2/b24-22-. The second-order valence-electron chi connectivity index (χ2n) is 8.01. The van der Waals surface area contributed by atoms with Gasteiger partial charge in [-0.1, -0.05) is 24.3 Å². The summed E-state index contributed by atoms with van der Waals surface area (Å²) in [6, 6.07) is 15.5. The summed E-state index contributed by atoms with van der Waals surface area (Å²) in [6.07, 6.45) is 0. The van der Waals surface area contributed by atoms with Crippen molar-refractivity contribution in [2.45, 2.75) is 12.6 Å². The van der Waals surface area contributed by atoms with Crippen molar-refractivity contribution in [2.75, 3.05) is 13.2 Å². The molecule has 0 spiro atoms. The molecule has 34 heavy (non-hydrogen) atoms. The summed E-state index contributed by atoms with van der Waals surface area (Å²) in [7, 11) is 0. The highest BCUT2D eigenvalue weighted by Gasteiger charge is 2.46. The molecule has 0 saturated carbocycles. The number of hydrogen-bond acceptors (Lipinski definition) is 6. The highest BCUT2D eigenvalue weighted by molar-refractivity contribution is 6.46. The fourth-order valence-electron chi connectivity index (χ4n) is 4.22.